The lowest BCUT2D eigenvalue weighted by Gasteiger charge is -2.40. The quantitative estimate of drug-likeness (QED) is 0.702. The predicted octanol–water partition coefficient (Wildman–Crippen LogP) is 1.87. The second-order valence-corrected chi connectivity index (χ2v) is 4.28. The van der Waals surface area contributed by atoms with Crippen LogP contribution in [0.5, 0.6) is 0 Å². The van der Waals surface area contributed by atoms with Gasteiger partial charge >= 0.3 is 0 Å². The lowest BCUT2D eigenvalue weighted by Crippen LogP contribution is -2.50. The van der Waals surface area contributed by atoms with Gasteiger partial charge in [-0.15, -0.1) is 0 Å². The van der Waals surface area contributed by atoms with Gasteiger partial charge in [-0.25, -0.2) is 0 Å². The molecule has 1 fully saturated rings. The molecule has 1 rings (SSSR count). The van der Waals surface area contributed by atoms with Crippen LogP contribution in [0.3, 0.4) is 0 Å². The fraction of sp³-hybridized carbons (Fsp3) is 0.818. The van der Waals surface area contributed by atoms with Crippen molar-refractivity contribution in [3.63, 3.8) is 0 Å². The van der Waals surface area contributed by atoms with E-state index >= 15 is 0 Å². The van der Waals surface area contributed by atoms with E-state index in [0.717, 1.165) is 19.3 Å². The molecule has 0 radical (unpaired) electrons. The topological polar surface area (TPSA) is 46.2 Å². The van der Waals surface area contributed by atoms with Gasteiger partial charge in [-0.3, -0.25) is 14.9 Å². The maximum Gasteiger partial charge on any atom is 0.229 e. The van der Waals surface area contributed by atoms with Crippen molar-refractivity contribution >= 4 is 11.8 Å². The van der Waals surface area contributed by atoms with E-state index in [4.69, 9.17) is 0 Å². The Hall–Kier alpha value is -0.860. The first-order valence-corrected chi connectivity index (χ1v) is 5.39. The molecule has 1 saturated heterocycles. The molecule has 14 heavy (non-hydrogen) atoms. The van der Waals surface area contributed by atoms with Crippen LogP contribution < -0.4 is 5.32 Å². The maximum absolute atomic E-state index is 11.5. The zero-order chi connectivity index (χ0) is 10.8. The molecule has 3 heteroatoms. The van der Waals surface area contributed by atoms with E-state index in [1.807, 2.05) is 6.92 Å². The number of rotatable bonds is 3. The molecule has 0 aromatic rings. The molecule has 1 aliphatic rings. The van der Waals surface area contributed by atoms with E-state index in [1.54, 1.807) is 0 Å². The van der Waals surface area contributed by atoms with Crippen LogP contribution in [0.1, 0.15) is 46.5 Å². The van der Waals surface area contributed by atoms with Crippen LogP contribution in [-0.4, -0.2) is 11.8 Å². The van der Waals surface area contributed by atoms with Gasteiger partial charge in [-0.05, 0) is 18.3 Å². The van der Waals surface area contributed by atoms with Crippen molar-refractivity contribution in [2.45, 2.75) is 46.5 Å². The largest absolute Gasteiger partial charge is 0.296 e. The van der Waals surface area contributed by atoms with Crippen molar-refractivity contribution in [2.75, 3.05) is 0 Å². The van der Waals surface area contributed by atoms with E-state index < -0.39 is 0 Å². The SMILES string of the molecule is CCCC1(CC)CC(=O)NC(=O)C1C. The van der Waals surface area contributed by atoms with Gasteiger partial charge in [0.05, 0.1) is 0 Å². The van der Waals surface area contributed by atoms with Crippen molar-refractivity contribution in [2.24, 2.45) is 11.3 Å². The van der Waals surface area contributed by atoms with E-state index in [2.05, 4.69) is 19.2 Å². The van der Waals surface area contributed by atoms with Crippen molar-refractivity contribution in [1.29, 1.82) is 0 Å². The van der Waals surface area contributed by atoms with Gasteiger partial charge in [0.15, 0.2) is 0 Å². The van der Waals surface area contributed by atoms with Gasteiger partial charge in [-0.2, -0.15) is 0 Å². The second kappa shape index (κ2) is 4.11. The second-order valence-electron chi connectivity index (χ2n) is 4.28. The fourth-order valence-electron chi connectivity index (χ4n) is 2.45. The molecule has 2 atom stereocenters. The number of amides is 2. The van der Waals surface area contributed by atoms with E-state index in [9.17, 15) is 9.59 Å². The molecular formula is C11H19NO2. The van der Waals surface area contributed by atoms with E-state index in [0.29, 0.717) is 6.42 Å². The summed E-state index contributed by atoms with van der Waals surface area (Å²) < 4.78 is 0. The van der Waals surface area contributed by atoms with Crippen LogP contribution in [0.2, 0.25) is 0 Å². The van der Waals surface area contributed by atoms with Crippen LogP contribution in [0.15, 0.2) is 0 Å². The Morgan fingerprint density at radius 3 is 2.57 bits per heavy atom. The van der Waals surface area contributed by atoms with Crippen LogP contribution in [0, 0.1) is 11.3 Å². The third-order valence-electron chi connectivity index (χ3n) is 3.54. The smallest absolute Gasteiger partial charge is 0.229 e. The van der Waals surface area contributed by atoms with Crippen LogP contribution in [0.4, 0.5) is 0 Å². The first-order valence-electron chi connectivity index (χ1n) is 5.39. The molecule has 1 aliphatic heterocycles. The highest BCUT2D eigenvalue weighted by atomic mass is 16.2. The predicted molar refractivity (Wildman–Crippen MR) is 54.6 cm³/mol. The Kier molecular flexibility index (Phi) is 3.29. The van der Waals surface area contributed by atoms with Crippen molar-refractivity contribution < 1.29 is 9.59 Å². The number of piperidine rings is 1. The molecule has 1 N–H and O–H groups in total. The highest BCUT2D eigenvalue weighted by molar-refractivity contribution is 5.99. The molecule has 2 unspecified atom stereocenters. The summed E-state index contributed by atoms with van der Waals surface area (Å²) in [4.78, 5) is 22.9. The fourth-order valence-corrected chi connectivity index (χ4v) is 2.45. The van der Waals surface area contributed by atoms with E-state index in [1.165, 1.54) is 0 Å². The Morgan fingerprint density at radius 1 is 1.43 bits per heavy atom. The van der Waals surface area contributed by atoms with Gasteiger partial charge in [-0.1, -0.05) is 27.2 Å². The monoisotopic (exact) mass is 197 g/mol. The number of carbonyl (C=O) groups excluding carboxylic acids is 2. The number of imide groups is 1. The summed E-state index contributed by atoms with van der Waals surface area (Å²) in [7, 11) is 0. The van der Waals surface area contributed by atoms with Crippen LogP contribution in [-0.2, 0) is 9.59 Å². The van der Waals surface area contributed by atoms with Crippen molar-refractivity contribution in [3.8, 4) is 0 Å². The zero-order valence-electron chi connectivity index (χ0n) is 9.22. The minimum atomic E-state index is -0.108. The molecule has 0 saturated carbocycles. The lowest BCUT2D eigenvalue weighted by atomic mass is 9.66. The summed E-state index contributed by atoms with van der Waals surface area (Å²) in [5.41, 5.74) is -0.0891. The molecule has 80 valence electrons. The molecule has 0 bridgehead atoms. The summed E-state index contributed by atoms with van der Waals surface area (Å²) in [5.74, 6) is -0.245. The Bertz CT molecular complexity index is 250. The van der Waals surface area contributed by atoms with Gasteiger partial charge in [0.25, 0.3) is 0 Å². The first kappa shape index (κ1) is 11.2. The van der Waals surface area contributed by atoms with E-state index in [-0.39, 0.29) is 23.1 Å². The minimum absolute atomic E-state index is 0.0369. The highest BCUT2D eigenvalue weighted by Crippen LogP contribution is 2.42. The zero-order valence-corrected chi connectivity index (χ0v) is 9.22. The van der Waals surface area contributed by atoms with Crippen LogP contribution in [0.25, 0.3) is 0 Å². The molecular weight excluding hydrogens is 178 g/mol. The molecule has 3 nitrogen and oxygen atoms in total. The number of carbonyl (C=O) groups is 2. The third-order valence-corrected chi connectivity index (χ3v) is 3.54. The summed E-state index contributed by atoms with van der Waals surface area (Å²) in [6.45, 7) is 6.10. The molecule has 2 amide bonds. The summed E-state index contributed by atoms with van der Waals surface area (Å²) in [6, 6.07) is 0. The third kappa shape index (κ3) is 1.81. The number of hydrogen-bond acceptors (Lipinski definition) is 2. The maximum atomic E-state index is 11.5. The molecule has 0 aromatic heterocycles. The van der Waals surface area contributed by atoms with Gasteiger partial charge in [0.2, 0.25) is 11.8 Å². The first-order chi connectivity index (χ1) is 6.55. The molecule has 0 aliphatic carbocycles. The van der Waals surface area contributed by atoms with Crippen LogP contribution >= 0.6 is 0 Å². The highest BCUT2D eigenvalue weighted by Gasteiger charge is 2.43. The standard InChI is InChI=1S/C11H19NO2/c1-4-6-11(5-2)7-9(13)12-10(14)8(11)3/h8H,4-7H2,1-3H3,(H,12,13,14). The average molecular weight is 197 g/mol. The summed E-state index contributed by atoms with van der Waals surface area (Å²) in [6.07, 6.45) is 3.40. The molecule has 0 aromatic carbocycles. The minimum Gasteiger partial charge on any atom is -0.296 e. The average Bonchev–Trinajstić information content (AvgIpc) is 2.14. The summed E-state index contributed by atoms with van der Waals surface area (Å²) in [5, 5.41) is 2.40. The molecule has 0 spiro atoms. The Labute approximate surface area is 85.3 Å². The van der Waals surface area contributed by atoms with Gasteiger partial charge in [0.1, 0.15) is 0 Å². The van der Waals surface area contributed by atoms with Gasteiger partial charge < -0.3 is 0 Å². The van der Waals surface area contributed by atoms with Crippen molar-refractivity contribution in [1.82, 2.24) is 5.32 Å². The summed E-state index contributed by atoms with van der Waals surface area (Å²) >= 11 is 0. The normalized spacial score (nSPS) is 32.9. The Balaban J connectivity index is 2.90. The molecule has 1 heterocycles. The number of hydrogen-bond donors (Lipinski definition) is 1. The number of nitrogens with one attached hydrogen (secondary N) is 1. The lowest BCUT2D eigenvalue weighted by molar-refractivity contribution is -0.143. The van der Waals surface area contributed by atoms with Gasteiger partial charge in [0, 0.05) is 12.3 Å². The Morgan fingerprint density at radius 2 is 2.07 bits per heavy atom. The van der Waals surface area contributed by atoms with Crippen molar-refractivity contribution in [3.05, 3.63) is 0 Å².